The average Bonchev–Trinajstić information content (AvgIpc) is 3.55. The standard InChI is InChI=1S/C23H28FN5O.HI/c1-25-22(28-16-23(9-10-23)18-3-2-4-19(24)13-18)27-14-17-5-7-20(8-6-17)29-12-11-26-21(30)15-29;/h2-8,13H,9-12,14-16H2,1H3,(H,26,30)(H2,25,27,28);1H. The second-order valence-electron chi connectivity index (χ2n) is 8.01. The number of amides is 1. The number of benzene rings is 2. The smallest absolute Gasteiger partial charge is 0.239 e. The Hall–Kier alpha value is -2.36. The van der Waals surface area contributed by atoms with E-state index in [-0.39, 0.29) is 41.1 Å². The first-order valence-corrected chi connectivity index (χ1v) is 10.4. The summed E-state index contributed by atoms with van der Waals surface area (Å²) in [7, 11) is 1.75. The summed E-state index contributed by atoms with van der Waals surface area (Å²) in [4.78, 5) is 18.0. The zero-order valence-electron chi connectivity index (χ0n) is 17.7. The fraction of sp³-hybridized carbons (Fsp3) is 0.391. The lowest BCUT2D eigenvalue weighted by Crippen LogP contribution is -2.47. The molecule has 0 atom stereocenters. The molecular formula is C23H29FIN5O. The molecule has 2 aromatic carbocycles. The van der Waals surface area contributed by atoms with Crippen molar-refractivity contribution in [2.75, 3.05) is 38.1 Å². The molecule has 4 rings (SSSR count). The van der Waals surface area contributed by atoms with Crippen molar-refractivity contribution >= 4 is 41.5 Å². The SMILES string of the molecule is CN=C(NCc1ccc(N2CCNC(=O)C2)cc1)NCC1(c2cccc(F)c2)CC1.I. The molecule has 1 heterocycles. The molecule has 1 amide bonds. The van der Waals surface area contributed by atoms with E-state index in [1.165, 1.54) is 6.07 Å². The number of anilines is 1. The van der Waals surface area contributed by atoms with Crippen molar-refractivity contribution in [3.8, 4) is 0 Å². The number of hydrogen-bond donors (Lipinski definition) is 3. The first-order chi connectivity index (χ1) is 14.6. The molecule has 6 nitrogen and oxygen atoms in total. The van der Waals surface area contributed by atoms with Crippen molar-refractivity contribution < 1.29 is 9.18 Å². The van der Waals surface area contributed by atoms with Crippen LogP contribution < -0.4 is 20.9 Å². The van der Waals surface area contributed by atoms with Gasteiger partial charge in [0, 0.05) is 44.3 Å². The van der Waals surface area contributed by atoms with Gasteiger partial charge in [-0.15, -0.1) is 24.0 Å². The first-order valence-electron chi connectivity index (χ1n) is 10.4. The lowest BCUT2D eigenvalue weighted by Gasteiger charge is -2.28. The van der Waals surface area contributed by atoms with E-state index in [4.69, 9.17) is 0 Å². The number of aliphatic imine (C=N–C) groups is 1. The molecule has 0 unspecified atom stereocenters. The summed E-state index contributed by atoms with van der Waals surface area (Å²) in [5.41, 5.74) is 3.24. The van der Waals surface area contributed by atoms with Gasteiger partial charge in [0.05, 0.1) is 6.54 Å². The van der Waals surface area contributed by atoms with Crippen LogP contribution in [0.3, 0.4) is 0 Å². The van der Waals surface area contributed by atoms with E-state index in [0.717, 1.165) is 48.7 Å². The molecular weight excluding hydrogens is 508 g/mol. The van der Waals surface area contributed by atoms with Crippen molar-refractivity contribution in [3.63, 3.8) is 0 Å². The largest absolute Gasteiger partial charge is 0.360 e. The Balaban J connectivity index is 0.00000272. The van der Waals surface area contributed by atoms with Crippen LogP contribution in [0.15, 0.2) is 53.5 Å². The number of hydrogen-bond acceptors (Lipinski definition) is 3. The van der Waals surface area contributed by atoms with Gasteiger partial charge in [-0.25, -0.2) is 4.39 Å². The van der Waals surface area contributed by atoms with E-state index < -0.39 is 0 Å². The van der Waals surface area contributed by atoms with E-state index in [9.17, 15) is 9.18 Å². The van der Waals surface area contributed by atoms with E-state index in [2.05, 4.69) is 50.1 Å². The molecule has 0 spiro atoms. The van der Waals surface area contributed by atoms with Gasteiger partial charge in [-0.1, -0.05) is 24.3 Å². The first kappa shape index (κ1) is 23.3. The quantitative estimate of drug-likeness (QED) is 0.301. The maximum Gasteiger partial charge on any atom is 0.239 e. The number of carbonyl (C=O) groups is 1. The van der Waals surface area contributed by atoms with E-state index in [1.54, 1.807) is 19.2 Å². The third-order valence-electron chi connectivity index (χ3n) is 5.91. The molecule has 0 radical (unpaired) electrons. The number of rotatable bonds is 6. The second-order valence-corrected chi connectivity index (χ2v) is 8.01. The minimum absolute atomic E-state index is 0. The van der Waals surface area contributed by atoms with Gasteiger partial charge in [-0.3, -0.25) is 9.79 Å². The fourth-order valence-electron chi connectivity index (χ4n) is 3.88. The van der Waals surface area contributed by atoms with Gasteiger partial charge in [-0.2, -0.15) is 0 Å². The van der Waals surface area contributed by atoms with Crippen LogP contribution in [-0.4, -0.2) is 45.1 Å². The number of guanidine groups is 1. The van der Waals surface area contributed by atoms with Crippen molar-refractivity contribution in [2.24, 2.45) is 4.99 Å². The summed E-state index contributed by atoms with van der Waals surface area (Å²) in [6.45, 7) is 3.29. The zero-order chi connectivity index (χ0) is 21.0. The topological polar surface area (TPSA) is 68.8 Å². The Bertz CT molecular complexity index is 930. The maximum atomic E-state index is 13.6. The molecule has 2 aromatic rings. The third-order valence-corrected chi connectivity index (χ3v) is 5.91. The highest BCUT2D eigenvalue weighted by Gasteiger charge is 2.44. The molecule has 0 aromatic heterocycles. The van der Waals surface area contributed by atoms with Gasteiger partial charge < -0.3 is 20.9 Å². The highest BCUT2D eigenvalue weighted by molar-refractivity contribution is 14.0. The van der Waals surface area contributed by atoms with Gasteiger partial charge in [0.1, 0.15) is 5.82 Å². The predicted octanol–water partition coefficient (Wildman–Crippen LogP) is 2.78. The Morgan fingerprint density at radius 2 is 1.97 bits per heavy atom. The Kier molecular flexibility index (Phi) is 7.74. The van der Waals surface area contributed by atoms with Crippen LogP contribution in [0.5, 0.6) is 0 Å². The predicted molar refractivity (Wildman–Crippen MR) is 133 cm³/mol. The summed E-state index contributed by atoms with van der Waals surface area (Å²) in [5, 5.41) is 9.58. The average molecular weight is 537 g/mol. The lowest BCUT2D eigenvalue weighted by atomic mass is 9.96. The Morgan fingerprint density at radius 1 is 1.19 bits per heavy atom. The third kappa shape index (κ3) is 5.87. The van der Waals surface area contributed by atoms with Crippen LogP contribution in [0.25, 0.3) is 0 Å². The minimum atomic E-state index is -0.185. The normalized spacial score (nSPS) is 17.4. The fourth-order valence-corrected chi connectivity index (χ4v) is 3.88. The van der Waals surface area contributed by atoms with Crippen molar-refractivity contribution in [1.29, 1.82) is 0 Å². The number of nitrogens with one attached hydrogen (secondary N) is 3. The van der Waals surface area contributed by atoms with Gasteiger partial charge in [-0.05, 0) is 48.2 Å². The van der Waals surface area contributed by atoms with E-state index in [1.807, 2.05) is 6.07 Å². The maximum absolute atomic E-state index is 13.6. The molecule has 1 aliphatic carbocycles. The molecule has 166 valence electrons. The summed E-state index contributed by atoms with van der Waals surface area (Å²) in [5.74, 6) is 0.609. The molecule has 8 heteroatoms. The molecule has 1 saturated carbocycles. The molecule has 3 N–H and O–H groups in total. The van der Waals surface area contributed by atoms with Gasteiger partial charge in [0.2, 0.25) is 5.91 Å². The van der Waals surface area contributed by atoms with Crippen LogP contribution in [0.4, 0.5) is 10.1 Å². The second kappa shape index (κ2) is 10.3. The summed E-state index contributed by atoms with van der Waals surface area (Å²) >= 11 is 0. The Morgan fingerprint density at radius 3 is 2.61 bits per heavy atom. The van der Waals surface area contributed by atoms with E-state index >= 15 is 0 Å². The lowest BCUT2D eigenvalue weighted by molar-refractivity contribution is -0.120. The number of carbonyl (C=O) groups excluding carboxylic acids is 1. The van der Waals surface area contributed by atoms with Crippen molar-refractivity contribution in [1.82, 2.24) is 16.0 Å². The zero-order valence-corrected chi connectivity index (χ0v) is 20.0. The van der Waals surface area contributed by atoms with Gasteiger partial charge >= 0.3 is 0 Å². The van der Waals surface area contributed by atoms with Crippen LogP contribution in [0.2, 0.25) is 0 Å². The van der Waals surface area contributed by atoms with Crippen LogP contribution in [-0.2, 0) is 16.8 Å². The molecule has 2 fully saturated rings. The van der Waals surface area contributed by atoms with Crippen molar-refractivity contribution in [2.45, 2.75) is 24.8 Å². The summed E-state index contributed by atoms with van der Waals surface area (Å²) < 4.78 is 13.6. The van der Waals surface area contributed by atoms with Gasteiger partial charge in [0.25, 0.3) is 0 Å². The number of piperazine rings is 1. The summed E-state index contributed by atoms with van der Waals surface area (Å²) in [6, 6.07) is 15.1. The van der Waals surface area contributed by atoms with Crippen molar-refractivity contribution in [3.05, 3.63) is 65.5 Å². The molecule has 2 aliphatic rings. The molecule has 1 aliphatic heterocycles. The highest BCUT2D eigenvalue weighted by atomic mass is 127. The minimum Gasteiger partial charge on any atom is -0.360 e. The summed E-state index contributed by atoms with van der Waals surface area (Å²) in [6.07, 6.45) is 2.10. The monoisotopic (exact) mass is 537 g/mol. The number of nitrogens with zero attached hydrogens (tertiary/aromatic N) is 2. The number of halogens is 2. The van der Waals surface area contributed by atoms with Crippen LogP contribution in [0, 0.1) is 5.82 Å². The molecule has 1 saturated heterocycles. The highest BCUT2D eigenvalue weighted by Crippen LogP contribution is 2.47. The van der Waals surface area contributed by atoms with Crippen LogP contribution >= 0.6 is 24.0 Å². The van der Waals surface area contributed by atoms with Gasteiger partial charge in [0.15, 0.2) is 5.96 Å². The molecule has 0 bridgehead atoms. The molecule has 31 heavy (non-hydrogen) atoms. The Labute approximate surface area is 199 Å². The van der Waals surface area contributed by atoms with E-state index in [0.29, 0.717) is 19.6 Å². The van der Waals surface area contributed by atoms with Crippen LogP contribution in [0.1, 0.15) is 24.0 Å².